The maximum atomic E-state index is 12.2. The van der Waals surface area contributed by atoms with Crippen LogP contribution in [0.25, 0.3) is 0 Å². The quantitative estimate of drug-likeness (QED) is 0.460. The smallest absolute Gasteiger partial charge is 0.493 e. The molecule has 0 saturated heterocycles. The number of nitrogens with zero attached hydrogens (tertiary/aromatic N) is 1. The van der Waals surface area contributed by atoms with Gasteiger partial charge in [0.1, 0.15) is 9.26 Å². The van der Waals surface area contributed by atoms with Gasteiger partial charge in [0.15, 0.2) is 11.5 Å². The zero-order valence-corrected chi connectivity index (χ0v) is 11.3. The molecule has 9 heteroatoms. The van der Waals surface area contributed by atoms with Gasteiger partial charge in [-0.1, -0.05) is 0 Å². The Labute approximate surface area is 113 Å². The summed E-state index contributed by atoms with van der Waals surface area (Å²) in [7, 11) is 2.23. The van der Waals surface area contributed by atoms with E-state index in [0.717, 1.165) is 13.3 Å². The molecule has 0 fully saturated rings. The molecule has 0 aromatic carbocycles. The molecule has 0 N–H and O–H groups in total. The number of alkyl halides is 3. The van der Waals surface area contributed by atoms with Crippen molar-refractivity contribution in [1.82, 2.24) is 4.98 Å². The summed E-state index contributed by atoms with van der Waals surface area (Å²) >= 11 is 1.71. The Bertz CT molecular complexity index is 464. The van der Waals surface area contributed by atoms with Gasteiger partial charge < -0.3 is 14.2 Å². The van der Waals surface area contributed by atoms with Gasteiger partial charge in [-0.3, -0.25) is 0 Å². The molecular formula is C9H7F3INO4. The Balaban J connectivity index is 3.38. The fourth-order valence-corrected chi connectivity index (χ4v) is 1.77. The van der Waals surface area contributed by atoms with Crippen LogP contribution in [-0.2, 0) is 4.74 Å². The van der Waals surface area contributed by atoms with Crippen LogP contribution in [-0.4, -0.2) is 31.5 Å². The van der Waals surface area contributed by atoms with E-state index < -0.39 is 23.6 Å². The third kappa shape index (κ3) is 3.37. The van der Waals surface area contributed by atoms with Crippen LogP contribution in [0, 0.1) is 3.70 Å². The number of halogens is 4. The zero-order valence-electron chi connectivity index (χ0n) is 9.17. The molecule has 1 aromatic heterocycles. The van der Waals surface area contributed by atoms with E-state index in [1.54, 1.807) is 22.6 Å². The van der Waals surface area contributed by atoms with Crippen LogP contribution in [0.3, 0.4) is 0 Å². The molecule has 1 aromatic rings. The molecule has 0 amide bonds. The van der Waals surface area contributed by atoms with E-state index in [1.165, 1.54) is 7.11 Å². The van der Waals surface area contributed by atoms with Crippen molar-refractivity contribution in [2.24, 2.45) is 0 Å². The summed E-state index contributed by atoms with van der Waals surface area (Å²) in [5.74, 6) is -1.91. The van der Waals surface area contributed by atoms with Gasteiger partial charge in [0, 0.05) is 0 Å². The molecule has 0 atom stereocenters. The van der Waals surface area contributed by atoms with Gasteiger partial charge in [-0.25, -0.2) is 9.78 Å². The number of methoxy groups -OCH3 is 2. The maximum absolute atomic E-state index is 12.2. The van der Waals surface area contributed by atoms with E-state index >= 15 is 0 Å². The maximum Gasteiger partial charge on any atom is 0.573 e. The van der Waals surface area contributed by atoms with Crippen LogP contribution in [0.1, 0.15) is 10.4 Å². The molecule has 5 nitrogen and oxygen atoms in total. The van der Waals surface area contributed by atoms with Crippen LogP contribution in [0.5, 0.6) is 11.5 Å². The molecule has 0 aliphatic heterocycles. The summed E-state index contributed by atoms with van der Waals surface area (Å²) < 4.78 is 49.7. The lowest BCUT2D eigenvalue weighted by atomic mass is 10.2. The third-order valence-corrected chi connectivity index (χ3v) is 2.54. The van der Waals surface area contributed by atoms with E-state index in [1.807, 2.05) is 0 Å². The van der Waals surface area contributed by atoms with Crippen LogP contribution in [0.2, 0.25) is 0 Å². The second-order valence-electron chi connectivity index (χ2n) is 2.86. The first kappa shape index (κ1) is 14.8. The van der Waals surface area contributed by atoms with Crippen molar-refractivity contribution in [3.8, 4) is 11.5 Å². The predicted octanol–water partition coefficient (Wildman–Crippen LogP) is 2.38. The lowest BCUT2D eigenvalue weighted by Gasteiger charge is -2.14. The summed E-state index contributed by atoms with van der Waals surface area (Å²) in [5.41, 5.74) is -0.461. The zero-order chi connectivity index (χ0) is 13.9. The first-order valence-electron chi connectivity index (χ1n) is 4.36. The second-order valence-corrected chi connectivity index (χ2v) is 3.88. The van der Waals surface area contributed by atoms with Crippen molar-refractivity contribution < 1.29 is 32.2 Å². The molecule has 0 aliphatic carbocycles. The first-order valence-corrected chi connectivity index (χ1v) is 5.44. The van der Waals surface area contributed by atoms with Crippen molar-refractivity contribution in [3.63, 3.8) is 0 Å². The number of carbonyl (C=O) groups excluding carboxylic acids is 1. The third-order valence-electron chi connectivity index (χ3n) is 1.78. The van der Waals surface area contributed by atoms with E-state index in [9.17, 15) is 18.0 Å². The molecule has 0 aliphatic rings. The van der Waals surface area contributed by atoms with Gasteiger partial charge in [0.25, 0.3) is 0 Å². The number of hydrogen-bond donors (Lipinski definition) is 0. The average Bonchev–Trinajstić information content (AvgIpc) is 2.28. The van der Waals surface area contributed by atoms with E-state index in [4.69, 9.17) is 4.74 Å². The monoisotopic (exact) mass is 377 g/mol. The molecule has 100 valence electrons. The minimum Gasteiger partial charge on any atom is -0.493 e. The highest BCUT2D eigenvalue weighted by atomic mass is 127. The van der Waals surface area contributed by atoms with Crippen molar-refractivity contribution in [2.45, 2.75) is 6.36 Å². The van der Waals surface area contributed by atoms with Gasteiger partial charge in [-0.2, -0.15) is 0 Å². The van der Waals surface area contributed by atoms with Gasteiger partial charge in [-0.05, 0) is 22.6 Å². The predicted molar refractivity (Wildman–Crippen MR) is 61.5 cm³/mol. The summed E-state index contributed by atoms with van der Waals surface area (Å²) in [6, 6.07) is 0. The Morgan fingerprint density at radius 1 is 1.39 bits per heavy atom. The molecule has 0 bridgehead atoms. The van der Waals surface area contributed by atoms with Gasteiger partial charge >= 0.3 is 12.3 Å². The Morgan fingerprint density at radius 3 is 2.44 bits per heavy atom. The minimum atomic E-state index is -4.94. The number of rotatable bonds is 3. The summed E-state index contributed by atoms with van der Waals surface area (Å²) in [5, 5.41) is 0. The number of aromatic nitrogens is 1. The number of ether oxygens (including phenoxy) is 3. The second kappa shape index (κ2) is 5.59. The number of hydrogen-bond acceptors (Lipinski definition) is 5. The van der Waals surface area contributed by atoms with Gasteiger partial charge in [0.05, 0.1) is 20.4 Å². The highest BCUT2D eigenvalue weighted by Crippen LogP contribution is 2.34. The number of carbonyl (C=O) groups is 1. The first-order chi connectivity index (χ1) is 8.30. The highest BCUT2D eigenvalue weighted by Gasteiger charge is 2.35. The number of pyridine rings is 1. The highest BCUT2D eigenvalue weighted by molar-refractivity contribution is 14.1. The van der Waals surface area contributed by atoms with E-state index in [2.05, 4.69) is 14.5 Å². The Kier molecular flexibility index (Phi) is 4.59. The van der Waals surface area contributed by atoms with Crippen LogP contribution in [0.15, 0.2) is 6.20 Å². The summed E-state index contributed by atoms with van der Waals surface area (Å²) in [6.07, 6.45) is -4.16. The van der Waals surface area contributed by atoms with Gasteiger partial charge in [0.2, 0.25) is 0 Å². The topological polar surface area (TPSA) is 57.7 Å². The van der Waals surface area contributed by atoms with Crippen molar-refractivity contribution in [1.29, 1.82) is 0 Å². The molecule has 18 heavy (non-hydrogen) atoms. The lowest BCUT2D eigenvalue weighted by Crippen LogP contribution is -2.20. The standard InChI is InChI=1S/C9H7F3INO4/c1-16-6-5(8(15)17-2)4(3-14-7(6)13)18-9(10,11)12/h3H,1-2H3. The largest absolute Gasteiger partial charge is 0.573 e. The lowest BCUT2D eigenvalue weighted by molar-refractivity contribution is -0.274. The summed E-state index contributed by atoms with van der Waals surface area (Å²) in [6.45, 7) is 0. The van der Waals surface area contributed by atoms with Crippen LogP contribution < -0.4 is 9.47 Å². The van der Waals surface area contributed by atoms with E-state index in [0.29, 0.717) is 0 Å². The minimum absolute atomic E-state index is 0.135. The Morgan fingerprint density at radius 2 is 2.00 bits per heavy atom. The fourth-order valence-electron chi connectivity index (χ4n) is 1.14. The molecule has 1 heterocycles. The fraction of sp³-hybridized carbons (Fsp3) is 0.333. The molecular weight excluding hydrogens is 370 g/mol. The van der Waals surface area contributed by atoms with Crippen molar-refractivity contribution >= 4 is 28.6 Å². The van der Waals surface area contributed by atoms with Crippen LogP contribution in [0.4, 0.5) is 13.2 Å². The molecule has 1 rings (SSSR count). The normalized spacial score (nSPS) is 11.0. The number of esters is 1. The van der Waals surface area contributed by atoms with Crippen molar-refractivity contribution in [3.05, 3.63) is 15.5 Å². The average molecular weight is 377 g/mol. The SMILES string of the molecule is COC(=O)c1c(OC(F)(F)F)cnc(I)c1OC. The molecule has 0 spiro atoms. The van der Waals surface area contributed by atoms with Crippen molar-refractivity contribution in [2.75, 3.05) is 14.2 Å². The molecule has 0 saturated carbocycles. The molecule has 0 radical (unpaired) electrons. The van der Waals surface area contributed by atoms with Crippen LogP contribution >= 0.6 is 22.6 Å². The molecule has 0 unspecified atom stereocenters. The summed E-state index contributed by atoms with van der Waals surface area (Å²) in [4.78, 5) is 15.1. The van der Waals surface area contributed by atoms with E-state index in [-0.39, 0.29) is 9.45 Å². The Hall–Kier alpha value is -1.26. The van der Waals surface area contributed by atoms with Gasteiger partial charge in [-0.15, -0.1) is 13.2 Å².